The number of nitrogens with zero attached hydrogens (tertiary/aromatic N) is 2. The van der Waals surface area contributed by atoms with Gasteiger partial charge in [0.15, 0.2) is 0 Å². The molecule has 0 saturated carbocycles. The first-order valence-electron chi connectivity index (χ1n) is 5.83. The van der Waals surface area contributed by atoms with Gasteiger partial charge in [0.05, 0.1) is 18.8 Å². The topological polar surface area (TPSA) is 71.5 Å². The van der Waals surface area contributed by atoms with Crippen LogP contribution in [0.4, 0.5) is 5.82 Å². The van der Waals surface area contributed by atoms with Crippen molar-refractivity contribution in [2.24, 2.45) is 0 Å². The van der Waals surface area contributed by atoms with E-state index >= 15 is 0 Å². The van der Waals surface area contributed by atoms with Gasteiger partial charge >= 0.3 is 0 Å². The number of aromatic nitrogens is 1. The van der Waals surface area contributed by atoms with E-state index in [4.69, 9.17) is 4.74 Å². The Labute approximate surface area is 104 Å². The number of fused-ring (bicyclic) bond motifs is 2. The summed E-state index contributed by atoms with van der Waals surface area (Å²) < 4.78 is 5.26. The normalized spacial score (nSPS) is 22.9. The Morgan fingerprint density at radius 3 is 3.17 bits per heavy atom. The molecule has 1 atom stereocenters. The molecule has 0 radical (unpaired) electrons. The van der Waals surface area contributed by atoms with Gasteiger partial charge in [0, 0.05) is 12.7 Å². The Kier molecular flexibility index (Phi) is 2.52. The van der Waals surface area contributed by atoms with E-state index in [-0.39, 0.29) is 18.4 Å². The SMILES string of the molecule is Cc1cnc2c(c1)C(=O)N1CCOCC1C(=O)N2. The molecule has 3 rings (SSSR count). The zero-order valence-corrected chi connectivity index (χ0v) is 9.97. The lowest BCUT2D eigenvalue weighted by Gasteiger charge is -2.32. The van der Waals surface area contributed by atoms with E-state index in [1.165, 1.54) is 0 Å². The fraction of sp³-hybridized carbons (Fsp3) is 0.417. The summed E-state index contributed by atoms with van der Waals surface area (Å²) in [6.07, 6.45) is 1.63. The van der Waals surface area contributed by atoms with Crippen LogP contribution < -0.4 is 5.32 Å². The molecule has 0 spiro atoms. The minimum atomic E-state index is -0.555. The Bertz CT molecular complexity index is 529. The molecule has 3 heterocycles. The average molecular weight is 247 g/mol. The molecule has 1 aromatic rings. The number of aryl methyl sites for hydroxylation is 1. The van der Waals surface area contributed by atoms with Gasteiger partial charge in [-0.25, -0.2) is 4.98 Å². The predicted octanol–water partition coefficient (Wildman–Crippen LogP) is 0.183. The largest absolute Gasteiger partial charge is 0.377 e. The number of morpholine rings is 1. The van der Waals surface area contributed by atoms with Crippen LogP contribution in [0, 0.1) is 6.92 Å². The highest BCUT2D eigenvalue weighted by atomic mass is 16.5. The second kappa shape index (κ2) is 4.06. The summed E-state index contributed by atoms with van der Waals surface area (Å²) in [7, 11) is 0. The first-order valence-corrected chi connectivity index (χ1v) is 5.83. The van der Waals surface area contributed by atoms with Crippen molar-refractivity contribution >= 4 is 17.6 Å². The lowest BCUT2D eigenvalue weighted by molar-refractivity contribution is -0.125. The van der Waals surface area contributed by atoms with Gasteiger partial charge in [-0.3, -0.25) is 9.59 Å². The highest BCUT2D eigenvalue weighted by Gasteiger charge is 2.37. The number of carbonyl (C=O) groups excluding carboxylic acids is 2. The number of carbonyl (C=O) groups is 2. The van der Waals surface area contributed by atoms with Crippen LogP contribution in [0.5, 0.6) is 0 Å². The van der Waals surface area contributed by atoms with Gasteiger partial charge in [0.2, 0.25) is 0 Å². The molecule has 2 aliphatic heterocycles. The molecule has 0 aromatic carbocycles. The van der Waals surface area contributed by atoms with E-state index in [9.17, 15) is 9.59 Å². The first-order chi connectivity index (χ1) is 8.66. The van der Waals surface area contributed by atoms with Gasteiger partial charge in [-0.2, -0.15) is 0 Å². The minimum absolute atomic E-state index is 0.159. The van der Waals surface area contributed by atoms with Crippen molar-refractivity contribution in [1.82, 2.24) is 9.88 Å². The molecule has 1 fully saturated rings. The monoisotopic (exact) mass is 247 g/mol. The zero-order chi connectivity index (χ0) is 12.7. The summed E-state index contributed by atoms with van der Waals surface area (Å²) in [5.41, 5.74) is 1.34. The summed E-state index contributed by atoms with van der Waals surface area (Å²) in [4.78, 5) is 30.1. The molecule has 6 nitrogen and oxygen atoms in total. The van der Waals surface area contributed by atoms with Crippen molar-refractivity contribution < 1.29 is 14.3 Å². The third-order valence-corrected chi connectivity index (χ3v) is 3.19. The van der Waals surface area contributed by atoms with Gasteiger partial charge < -0.3 is 15.0 Å². The van der Waals surface area contributed by atoms with E-state index in [1.54, 1.807) is 17.2 Å². The molecule has 2 amide bonds. The maximum absolute atomic E-state index is 12.4. The summed E-state index contributed by atoms with van der Waals surface area (Å²) in [6.45, 7) is 3.00. The summed E-state index contributed by atoms with van der Waals surface area (Å²) >= 11 is 0. The number of ether oxygens (including phenoxy) is 1. The Balaban J connectivity index is 2.09. The van der Waals surface area contributed by atoms with Crippen LogP contribution in [0.25, 0.3) is 0 Å². The van der Waals surface area contributed by atoms with Crippen LogP contribution in [-0.2, 0) is 9.53 Å². The molecule has 2 aliphatic rings. The molecule has 1 saturated heterocycles. The lowest BCUT2D eigenvalue weighted by Crippen LogP contribution is -2.52. The number of hydrogen-bond acceptors (Lipinski definition) is 4. The van der Waals surface area contributed by atoms with E-state index in [0.29, 0.717) is 24.5 Å². The molecule has 0 aliphatic carbocycles. The van der Waals surface area contributed by atoms with E-state index < -0.39 is 6.04 Å². The van der Waals surface area contributed by atoms with Gasteiger partial charge in [-0.1, -0.05) is 0 Å². The minimum Gasteiger partial charge on any atom is -0.377 e. The maximum atomic E-state index is 12.4. The maximum Gasteiger partial charge on any atom is 0.258 e. The third-order valence-electron chi connectivity index (χ3n) is 3.19. The molecule has 94 valence electrons. The summed E-state index contributed by atoms with van der Waals surface area (Å²) in [5, 5.41) is 2.69. The summed E-state index contributed by atoms with van der Waals surface area (Å²) in [6, 6.07) is 1.20. The quantitative estimate of drug-likeness (QED) is 0.710. The summed E-state index contributed by atoms with van der Waals surface area (Å²) in [5.74, 6) is -0.0593. The van der Waals surface area contributed by atoms with Crippen molar-refractivity contribution in [1.29, 1.82) is 0 Å². The number of anilines is 1. The second-order valence-corrected chi connectivity index (χ2v) is 4.49. The smallest absolute Gasteiger partial charge is 0.258 e. The molecular formula is C12H13N3O3. The fourth-order valence-electron chi connectivity index (χ4n) is 2.25. The molecule has 6 heteroatoms. The average Bonchev–Trinajstić information content (AvgIpc) is 2.48. The lowest BCUT2D eigenvalue weighted by atomic mass is 10.1. The van der Waals surface area contributed by atoms with Crippen LogP contribution in [0.2, 0.25) is 0 Å². The molecule has 1 unspecified atom stereocenters. The number of rotatable bonds is 0. The highest BCUT2D eigenvalue weighted by molar-refractivity contribution is 6.09. The Morgan fingerprint density at radius 2 is 2.33 bits per heavy atom. The fourth-order valence-corrected chi connectivity index (χ4v) is 2.25. The zero-order valence-electron chi connectivity index (χ0n) is 9.97. The van der Waals surface area contributed by atoms with E-state index in [1.807, 2.05) is 6.92 Å². The van der Waals surface area contributed by atoms with Gasteiger partial charge in [-0.15, -0.1) is 0 Å². The van der Waals surface area contributed by atoms with E-state index in [2.05, 4.69) is 10.3 Å². The van der Waals surface area contributed by atoms with E-state index in [0.717, 1.165) is 5.56 Å². The van der Waals surface area contributed by atoms with Crippen molar-refractivity contribution in [2.75, 3.05) is 25.1 Å². The van der Waals surface area contributed by atoms with Crippen molar-refractivity contribution in [2.45, 2.75) is 13.0 Å². The molecule has 1 N–H and O–H groups in total. The van der Waals surface area contributed by atoms with Gasteiger partial charge in [0.1, 0.15) is 11.9 Å². The van der Waals surface area contributed by atoms with Crippen LogP contribution in [0.1, 0.15) is 15.9 Å². The highest BCUT2D eigenvalue weighted by Crippen LogP contribution is 2.23. The van der Waals surface area contributed by atoms with Gasteiger partial charge in [0.25, 0.3) is 11.8 Å². The van der Waals surface area contributed by atoms with Crippen molar-refractivity contribution in [3.05, 3.63) is 23.4 Å². The third kappa shape index (κ3) is 1.65. The van der Waals surface area contributed by atoms with Crippen LogP contribution in [-0.4, -0.2) is 47.5 Å². The Hall–Kier alpha value is -1.95. The van der Waals surface area contributed by atoms with Crippen molar-refractivity contribution in [3.63, 3.8) is 0 Å². The first kappa shape index (κ1) is 11.2. The molecule has 0 bridgehead atoms. The second-order valence-electron chi connectivity index (χ2n) is 4.49. The molecule has 1 aromatic heterocycles. The standard InChI is InChI=1S/C12H13N3O3/c1-7-4-8-10(13-5-7)14-11(16)9-6-18-3-2-15(9)12(8)17/h4-5,9H,2-3,6H2,1H3,(H,13,14,16). The number of pyridine rings is 1. The number of amides is 2. The number of hydrogen-bond donors (Lipinski definition) is 1. The van der Waals surface area contributed by atoms with Crippen molar-refractivity contribution in [3.8, 4) is 0 Å². The van der Waals surface area contributed by atoms with Crippen LogP contribution >= 0.6 is 0 Å². The Morgan fingerprint density at radius 1 is 1.50 bits per heavy atom. The molecule has 18 heavy (non-hydrogen) atoms. The van der Waals surface area contributed by atoms with Crippen LogP contribution in [0.3, 0.4) is 0 Å². The van der Waals surface area contributed by atoms with Gasteiger partial charge in [-0.05, 0) is 18.6 Å². The molecular weight excluding hydrogens is 234 g/mol. The number of nitrogens with one attached hydrogen (secondary N) is 1. The predicted molar refractivity (Wildman–Crippen MR) is 63.2 cm³/mol. The van der Waals surface area contributed by atoms with Crippen LogP contribution in [0.15, 0.2) is 12.3 Å².